The van der Waals surface area contributed by atoms with Crippen molar-refractivity contribution in [1.82, 2.24) is 10.6 Å². The topological polar surface area (TPSA) is 51.8 Å². The van der Waals surface area contributed by atoms with Crippen molar-refractivity contribution < 1.29 is 14.0 Å². The average Bonchev–Trinajstić information content (AvgIpc) is 2.84. The summed E-state index contributed by atoms with van der Waals surface area (Å²) in [6, 6.07) is 24.7. The van der Waals surface area contributed by atoms with Gasteiger partial charge in [0.05, 0.1) is 0 Å². The molecule has 3 aromatic rings. The molecule has 0 fully saturated rings. The quantitative estimate of drug-likeness (QED) is 0.313. The minimum Gasteiger partial charge on any atom is -0.457 e. The van der Waals surface area contributed by atoms with Gasteiger partial charge in [0, 0.05) is 26.3 Å². The molecule has 0 atom stereocenters. The van der Waals surface area contributed by atoms with Crippen molar-refractivity contribution in [3.05, 3.63) is 78.4 Å². The van der Waals surface area contributed by atoms with Crippen LogP contribution in [0, 0.1) is 6.92 Å². The Balaban J connectivity index is 1.65. The van der Waals surface area contributed by atoms with Crippen molar-refractivity contribution in [3.63, 3.8) is 0 Å². The van der Waals surface area contributed by atoms with E-state index < -0.39 is 0 Å². The average molecular weight is 444 g/mol. The van der Waals surface area contributed by atoms with Gasteiger partial charge < -0.3 is 24.7 Å². The Morgan fingerprint density at radius 1 is 0.636 bits per heavy atom. The Kier molecular flexibility index (Phi) is 10.0. The molecule has 0 aliphatic heterocycles. The highest BCUT2D eigenvalue weighted by Crippen LogP contribution is 2.19. The lowest BCUT2D eigenvalue weighted by Gasteiger charge is -2.16. The van der Waals surface area contributed by atoms with Crippen LogP contribution in [-0.2, 0) is 9.31 Å². The largest absolute Gasteiger partial charge is 0.457 e. The molecule has 0 unspecified atom stereocenters. The maximum Gasteiger partial charge on any atom is 0.361 e. The second-order valence-electron chi connectivity index (χ2n) is 8.12. The summed E-state index contributed by atoms with van der Waals surface area (Å²) in [5, 5.41) is 6.23. The van der Waals surface area contributed by atoms with Gasteiger partial charge in [0.1, 0.15) is 11.5 Å². The molecule has 0 aliphatic rings. The molecule has 33 heavy (non-hydrogen) atoms. The molecule has 0 amide bonds. The zero-order valence-electron chi connectivity index (χ0n) is 20.1. The predicted octanol–water partition coefficient (Wildman–Crippen LogP) is 2.19. The van der Waals surface area contributed by atoms with Crippen molar-refractivity contribution >= 4 is 30.2 Å². The van der Waals surface area contributed by atoms with Crippen LogP contribution in [-0.4, -0.2) is 54.2 Å². The van der Waals surface area contributed by atoms with Gasteiger partial charge in [-0.1, -0.05) is 60.9 Å². The van der Waals surface area contributed by atoms with Crippen LogP contribution in [0.1, 0.15) is 5.56 Å². The molecule has 3 rings (SSSR count). The molecular formula is C26H34B2N2O3. The lowest BCUT2D eigenvalue weighted by Crippen LogP contribution is -2.45. The van der Waals surface area contributed by atoms with Gasteiger partial charge in [0.25, 0.3) is 0 Å². The molecule has 5 nitrogen and oxygen atoms in total. The first kappa shape index (κ1) is 25.1. The van der Waals surface area contributed by atoms with Crippen molar-refractivity contribution in [2.45, 2.75) is 13.7 Å². The first-order valence-electron chi connectivity index (χ1n) is 11.6. The first-order chi connectivity index (χ1) is 16.1. The van der Waals surface area contributed by atoms with Gasteiger partial charge in [-0.05, 0) is 61.7 Å². The third kappa shape index (κ3) is 7.76. The zero-order valence-corrected chi connectivity index (χ0v) is 20.1. The van der Waals surface area contributed by atoms with Crippen LogP contribution in [0.2, 0.25) is 6.82 Å². The van der Waals surface area contributed by atoms with Crippen molar-refractivity contribution in [1.29, 1.82) is 0 Å². The van der Waals surface area contributed by atoms with E-state index in [-0.39, 0.29) is 13.8 Å². The van der Waals surface area contributed by atoms with E-state index in [2.05, 4.69) is 72.9 Å². The number of hydrogen-bond donors (Lipinski definition) is 2. The Hall–Kier alpha value is -2.57. The number of likely N-dealkylation sites (N-methyl/N-ethyl adjacent to an activating group) is 2. The van der Waals surface area contributed by atoms with Crippen molar-refractivity contribution in [3.8, 4) is 11.5 Å². The Morgan fingerprint density at radius 3 is 1.61 bits per heavy atom. The molecular weight excluding hydrogens is 410 g/mol. The number of ether oxygens (including phenoxy) is 1. The fraction of sp³-hybridized carbons (Fsp3) is 0.308. The highest BCUT2D eigenvalue weighted by Gasteiger charge is 2.21. The number of aryl methyl sites for hydroxylation is 1. The zero-order chi connectivity index (χ0) is 23.5. The Bertz CT molecular complexity index is 951. The lowest BCUT2D eigenvalue weighted by atomic mass is 9.55. The molecule has 2 N–H and O–H groups in total. The van der Waals surface area contributed by atoms with Crippen LogP contribution in [0.4, 0.5) is 0 Å². The molecule has 0 bridgehead atoms. The minimum absolute atomic E-state index is 0.0494. The maximum atomic E-state index is 6.20. The third-order valence-electron chi connectivity index (χ3n) is 5.50. The van der Waals surface area contributed by atoms with Gasteiger partial charge in [-0.25, -0.2) is 0 Å². The summed E-state index contributed by atoms with van der Waals surface area (Å²) in [5.41, 5.74) is 4.62. The molecule has 0 saturated heterocycles. The van der Waals surface area contributed by atoms with Crippen LogP contribution in [0.15, 0.2) is 72.8 Å². The smallest absolute Gasteiger partial charge is 0.361 e. The summed E-state index contributed by atoms with van der Waals surface area (Å²) in [6.45, 7) is 7.06. The van der Waals surface area contributed by atoms with Crippen LogP contribution in [0.5, 0.6) is 11.5 Å². The summed E-state index contributed by atoms with van der Waals surface area (Å²) in [6.07, 6.45) is 0. The normalized spacial score (nSPS) is 10.8. The minimum atomic E-state index is -0.114. The van der Waals surface area contributed by atoms with Gasteiger partial charge in [-0.3, -0.25) is 0 Å². The monoisotopic (exact) mass is 444 g/mol. The summed E-state index contributed by atoms with van der Waals surface area (Å²) in [4.78, 5) is 0. The first-order valence-corrected chi connectivity index (χ1v) is 11.6. The van der Waals surface area contributed by atoms with Gasteiger partial charge in [-0.15, -0.1) is 0 Å². The number of rotatable bonds is 13. The van der Waals surface area contributed by atoms with E-state index in [9.17, 15) is 0 Å². The molecule has 0 spiro atoms. The number of nitrogens with one attached hydrogen (secondary N) is 2. The van der Waals surface area contributed by atoms with E-state index in [4.69, 9.17) is 14.0 Å². The van der Waals surface area contributed by atoms with E-state index in [1.54, 1.807) is 0 Å². The van der Waals surface area contributed by atoms with Crippen LogP contribution in [0.25, 0.3) is 0 Å². The van der Waals surface area contributed by atoms with Crippen molar-refractivity contribution in [2.24, 2.45) is 0 Å². The Morgan fingerprint density at radius 2 is 1.09 bits per heavy atom. The SMILES string of the molecule is CNCCOB(C)c1ccc(Oc2ccc(B(OCCNC)c3ccc(C)cc3)cc2)cc1. The summed E-state index contributed by atoms with van der Waals surface area (Å²) in [7, 11) is 3.85. The van der Waals surface area contributed by atoms with Crippen molar-refractivity contribution in [2.75, 3.05) is 40.4 Å². The molecule has 0 heterocycles. The predicted molar refractivity (Wildman–Crippen MR) is 140 cm³/mol. The summed E-state index contributed by atoms with van der Waals surface area (Å²) < 4.78 is 18.1. The highest BCUT2D eigenvalue weighted by molar-refractivity contribution is 6.80. The van der Waals surface area contributed by atoms with Gasteiger partial charge >= 0.3 is 13.8 Å². The molecule has 172 valence electrons. The molecule has 7 heteroatoms. The molecule has 3 aromatic carbocycles. The number of benzene rings is 3. The Labute approximate surface area is 199 Å². The van der Waals surface area contributed by atoms with E-state index in [0.29, 0.717) is 13.2 Å². The summed E-state index contributed by atoms with van der Waals surface area (Å²) in [5.74, 6) is 1.59. The fourth-order valence-electron chi connectivity index (χ4n) is 3.49. The highest BCUT2D eigenvalue weighted by atomic mass is 16.5. The maximum absolute atomic E-state index is 6.20. The number of hydrogen-bond acceptors (Lipinski definition) is 5. The van der Waals surface area contributed by atoms with E-state index >= 15 is 0 Å². The van der Waals surface area contributed by atoms with Crippen LogP contribution in [0.3, 0.4) is 0 Å². The lowest BCUT2D eigenvalue weighted by molar-refractivity contribution is 0.330. The summed E-state index contributed by atoms with van der Waals surface area (Å²) >= 11 is 0. The fourth-order valence-corrected chi connectivity index (χ4v) is 3.49. The van der Waals surface area contributed by atoms with Gasteiger partial charge in [-0.2, -0.15) is 0 Å². The standard InChI is InChI=1S/C26H34B2N2O3/c1-21-5-7-23(8-6-21)28(32-20-18-30-4)24-11-15-26(16-12-24)33-25-13-9-22(10-14-25)27(2)31-19-17-29-3/h5-16,29-30H,17-20H2,1-4H3. The molecule has 0 aliphatic carbocycles. The van der Waals surface area contributed by atoms with Crippen LogP contribution >= 0.6 is 0 Å². The molecule has 0 saturated carbocycles. The second-order valence-corrected chi connectivity index (χ2v) is 8.12. The van der Waals surface area contributed by atoms with Crippen LogP contribution < -0.4 is 31.8 Å². The third-order valence-corrected chi connectivity index (χ3v) is 5.50. The van der Waals surface area contributed by atoms with E-state index in [1.165, 1.54) is 5.56 Å². The van der Waals surface area contributed by atoms with Gasteiger partial charge in [0.2, 0.25) is 0 Å². The van der Waals surface area contributed by atoms with E-state index in [1.807, 2.05) is 38.4 Å². The molecule has 0 radical (unpaired) electrons. The van der Waals surface area contributed by atoms with Gasteiger partial charge in [0.15, 0.2) is 0 Å². The van der Waals surface area contributed by atoms with E-state index in [0.717, 1.165) is 41.0 Å². The second kappa shape index (κ2) is 13.2. The molecule has 0 aromatic heterocycles.